The second-order valence-electron chi connectivity index (χ2n) is 8.62. The Hall–Kier alpha value is -3.82. The third-order valence-corrected chi connectivity index (χ3v) is 6.50. The fourth-order valence-corrected chi connectivity index (χ4v) is 4.44. The number of aromatic nitrogens is 4. The average molecular weight is 465 g/mol. The van der Waals surface area contributed by atoms with E-state index in [0.29, 0.717) is 49.6 Å². The van der Waals surface area contributed by atoms with Crippen molar-refractivity contribution in [3.05, 3.63) is 64.9 Å². The number of hydrogen-bond acceptors (Lipinski definition) is 6. The number of rotatable bonds is 5. The molecule has 2 amide bonds. The fourth-order valence-electron chi connectivity index (χ4n) is 4.44. The Balaban J connectivity index is 1.26. The lowest BCUT2D eigenvalue weighted by Gasteiger charge is -2.32. The summed E-state index contributed by atoms with van der Waals surface area (Å²) in [6.07, 6.45) is 1.62. The Bertz CT molecular complexity index is 1240. The van der Waals surface area contributed by atoms with E-state index >= 15 is 0 Å². The van der Waals surface area contributed by atoms with Gasteiger partial charge in [0.15, 0.2) is 0 Å². The van der Waals surface area contributed by atoms with Crippen LogP contribution in [0.2, 0.25) is 0 Å². The number of benzene rings is 1. The fraction of sp³-hybridized carbons (Fsp3) is 0.375. The Kier molecular flexibility index (Phi) is 5.72. The van der Waals surface area contributed by atoms with Crippen molar-refractivity contribution in [1.82, 2.24) is 29.8 Å². The summed E-state index contributed by atoms with van der Waals surface area (Å²) in [5, 5.41) is 8.27. The highest BCUT2D eigenvalue weighted by Gasteiger charge is 2.36. The van der Waals surface area contributed by atoms with Gasteiger partial charge in [-0.05, 0) is 43.2 Å². The van der Waals surface area contributed by atoms with Gasteiger partial charge in [-0.2, -0.15) is 0 Å². The van der Waals surface area contributed by atoms with Gasteiger partial charge in [-0.1, -0.05) is 11.3 Å². The van der Waals surface area contributed by atoms with E-state index in [9.17, 15) is 14.0 Å². The second kappa shape index (κ2) is 8.85. The molecule has 2 aliphatic heterocycles. The van der Waals surface area contributed by atoms with Crippen molar-refractivity contribution in [2.24, 2.45) is 0 Å². The summed E-state index contributed by atoms with van der Waals surface area (Å²) in [5.41, 5.74) is 4.04. The summed E-state index contributed by atoms with van der Waals surface area (Å²) < 4.78 is 20.9. The van der Waals surface area contributed by atoms with Crippen LogP contribution in [0.4, 0.5) is 4.39 Å². The zero-order valence-corrected chi connectivity index (χ0v) is 19.1. The summed E-state index contributed by atoms with van der Waals surface area (Å²) in [7, 11) is 1.69. The number of ether oxygens (including phenoxy) is 1. The molecule has 5 rings (SSSR count). The molecule has 9 nitrogen and oxygen atoms in total. The molecule has 0 bridgehead atoms. The second-order valence-corrected chi connectivity index (χ2v) is 8.62. The summed E-state index contributed by atoms with van der Waals surface area (Å²) in [6.45, 7) is 3.07. The number of amides is 2. The molecule has 2 aliphatic rings. The molecule has 1 unspecified atom stereocenters. The molecule has 10 heteroatoms. The lowest BCUT2D eigenvalue weighted by atomic mass is 10.0. The van der Waals surface area contributed by atoms with Crippen molar-refractivity contribution in [3.8, 4) is 11.6 Å². The van der Waals surface area contributed by atoms with Crippen LogP contribution in [0.25, 0.3) is 5.69 Å². The SMILES string of the molecule is Cc1nnn(-c2ccc(F)cc2)c1COc1ccc2c(n1)CCN(C(=O)C1CCC(=O)N1C)C2. The quantitative estimate of drug-likeness (QED) is 0.575. The van der Waals surface area contributed by atoms with E-state index in [4.69, 9.17) is 4.74 Å². The maximum atomic E-state index is 13.3. The van der Waals surface area contributed by atoms with Gasteiger partial charge in [0, 0.05) is 39.0 Å². The minimum absolute atomic E-state index is 0.00337. The first-order chi connectivity index (χ1) is 16.4. The van der Waals surface area contributed by atoms with Crippen LogP contribution in [0.5, 0.6) is 5.88 Å². The van der Waals surface area contributed by atoms with Gasteiger partial charge < -0.3 is 14.5 Å². The first kappa shape index (κ1) is 22.0. The van der Waals surface area contributed by atoms with Gasteiger partial charge in [0.05, 0.1) is 17.1 Å². The van der Waals surface area contributed by atoms with E-state index < -0.39 is 0 Å². The third-order valence-electron chi connectivity index (χ3n) is 6.50. The Morgan fingerprint density at radius 3 is 2.71 bits per heavy atom. The molecular formula is C24H25FN6O3. The van der Waals surface area contributed by atoms with Crippen LogP contribution in [0, 0.1) is 12.7 Å². The molecule has 176 valence electrons. The van der Waals surface area contributed by atoms with Crippen molar-refractivity contribution in [3.63, 3.8) is 0 Å². The number of halogens is 1. The van der Waals surface area contributed by atoms with Crippen LogP contribution < -0.4 is 4.74 Å². The minimum atomic E-state index is -0.368. The first-order valence-corrected chi connectivity index (χ1v) is 11.2. The molecule has 1 fully saturated rings. The van der Waals surface area contributed by atoms with Gasteiger partial charge in [-0.3, -0.25) is 9.59 Å². The summed E-state index contributed by atoms with van der Waals surface area (Å²) >= 11 is 0. The van der Waals surface area contributed by atoms with Crippen molar-refractivity contribution in [2.75, 3.05) is 13.6 Å². The Morgan fingerprint density at radius 2 is 1.97 bits per heavy atom. The number of likely N-dealkylation sites (tertiary alicyclic amines) is 1. The van der Waals surface area contributed by atoms with Crippen molar-refractivity contribution in [2.45, 2.75) is 45.4 Å². The van der Waals surface area contributed by atoms with Crippen LogP contribution in [0.3, 0.4) is 0 Å². The van der Waals surface area contributed by atoms with Gasteiger partial charge in [0.2, 0.25) is 17.7 Å². The molecule has 1 aromatic carbocycles. The molecule has 0 saturated carbocycles. The van der Waals surface area contributed by atoms with Gasteiger partial charge in [0.1, 0.15) is 24.2 Å². The summed E-state index contributed by atoms with van der Waals surface area (Å²) in [4.78, 5) is 32.7. The van der Waals surface area contributed by atoms with Crippen molar-refractivity contribution < 1.29 is 18.7 Å². The van der Waals surface area contributed by atoms with Crippen LogP contribution >= 0.6 is 0 Å². The van der Waals surface area contributed by atoms with E-state index in [1.807, 2.05) is 13.0 Å². The molecule has 2 aromatic heterocycles. The van der Waals surface area contributed by atoms with E-state index in [0.717, 1.165) is 17.0 Å². The van der Waals surface area contributed by atoms with Crippen LogP contribution in [0.1, 0.15) is 35.5 Å². The van der Waals surface area contributed by atoms with Crippen LogP contribution in [-0.4, -0.2) is 61.2 Å². The number of carbonyl (C=O) groups excluding carboxylic acids is 2. The van der Waals surface area contributed by atoms with Crippen molar-refractivity contribution in [1.29, 1.82) is 0 Å². The van der Waals surface area contributed by atoms with E-state index in [1.165, 1.54) is 12.1 Å². The first-order valence-electron chi connectivity index (χ1n) is 11.2. The van der Waals surface area contributed by atoms with Gasteiger partial charge in [-0.15, -0.1) is 5.10 Å². The van der Waals surface area contributed by atoms with Gasteiger partial charge in [-0.25, -0.2) is 14.1 Å². The highest BCUT2D eigenvalue weighted by atomic mass is 19.1. The number of pyridine rings is 1. The molecule has 34 heavy (non-hydrogen) atoms. The maximum Gasteiger partial charge on any atom is 0.245 e. The molecule has 1 saturated heterocycles. The molecule has 4 heterocycles. The minimum Gasteiger partial charge on any atom is -0.471 e. The van der Waals surface area contributed by atoms with E-state index in [1.54, 1.807) is 39.7 Å². The van der Waals surface area contributed by atoms with Crippen LogP contribution in [-0.2, 0) is 29.2 Å². The maximum absolute atomic E-state index is 13.3. The molecule has 0 aliphatic carbocycles. The summed E-state index contributed by atoms with van der Waals surface area (Å²) in [6, 6.07) is 9.37. The lowest BCUT2D eigenvalue weighted by molar-refractivity contribution is -0.141. The topological polar surface area (TPSA) is 93.5 Å². The number of nitrogens with zero attached hydrogens (tertiary/aromatic N) is 6. The largest absolute Gasteiger partial charge is 0.471 e. The number of likely N-dealkylation sites (N-methyl/N-ethyl adjacent to an activating group) is 1. The van der Waals surface area contributed by atoms with E-state index in [2.05, 4.69) is 15.3 Å². The molecule has 0 spiro atoms. The number of hydrogen-bond donors (Lipinski definition) is 0. The average Bonchev–Trinajstić information content (AvgIpc) is 3.38. The van der Waals surface area contributed by atoms with Gasteiger partial charge >= 0.3 is 0 Å². The van der Waals surface area contributed by atoms with Crippen molar-refractivity contribution >= 4 is 11.8 Å². The van der Waals surface area contributed by atoms with E-state index in [-0.39, 0.29) is 30.3 Å². The number of carbonyl (C=O) groups is 2. The normalized spacial score (nSPS) is 17.7. The summed E-state index contributed by atoms with van der Waals surface area (Å²) in [5.74, 6) is 0.174. The monoisotopic (exact) mass is 464 g/mol. The molecule has 1 atom stereocenters. The molecule has 3 aromatic rings. The smallest absolute Gasteiger partial charge is 0.245 e. The molecule has 0 radical (unpaired) electrons. The molecular weight excluding hydrogens is 439 g/mol. The van der Waals surface area contributed by atoms with Crippen LogP contribution in [0.15, 0.2) is 36.4 Å². The lowest BCUT2D eigenvalue weighted by Crippen LogP contribution is -2.47. The highest BCUT2D eigenvalue weighted by Crippen LogP contribution is 2.25. The highest BCUT2D eigenvalue weighted by molar-refractivity contribution is 5.90. The Morgan fingerprint density at radius 1 is 1.18 bits per heavy atom. The predicted octanol–water partition coefficient (Wildman–Crippen LogP) is 2.19. The Labute approximate surface area is 196 Å². The zero-order valence-electron chi connectivity index (χ0n) is 19.1. The standard InChI is InChI=1S/C24H25FN6O3/c1-15-21(31(28-27-15)18-6-4-17(25)5-7-18)14-34-22-9-3-16-13-30(12-11-19(16)26-22)24(33)20-8-10-23(32)29(20)2/h3-7,9,20H,8,10-14H2,1-2H3. The predicted molar refractivity (Wildman–Crippen MR) is 120 cm³/mol. The molecule has 0 N–H and O–H groups in total. The number of fused-ring (bicyclic) bond motifs is 1. The third kappa shape index (κ3) is 4.11. The zero-order chi connectivity index (χ0) is 23.8. The van der Waals surface area contributed by atoms with Gasteiger partial charge in [0.25, 0.3) is 0 Å². The number of aryl methyl sites for hydroxylation is 1.